The van der Waals surface area contributed by atoms with E-state index in [0.717, 1.165) is 6.42 Å². The molecule has 0 aliphatic carbocycles. The molecule has 0 fully saturated rings. The van der Waals surface area contributed by atoms with E-state index in [1.165, 1.54) is 19.3 Å². The van der Waals surface area contributed by atoms with Gasteiger partial charge in [-0.25, -0.2) is 0 Å². The molecule has 0 spiro atoms. The Morgan fingerprint density at radius 1 is 1.50 bits per heavy atom. The molecule has 3 nitrogen and oxygen atoms in total. The molecule has 0 bridgehead atoms. The van der Waals surface area contributed by atoms with Crippen molar-refractivity contribution in [3.8, 4) is 0 Å². The molecule has 0 aliphatic rings. The first-order valence-electron chi connectivity index (χ1n) is 5.95. The number of nitrogens with zero attached hydrogens (tertiary/aromatic N) is 1. The lowest BCUT2D eigenvalue weighted by Gasteiger charge is -2.13. The lowest BCUT2D eigenvalue weighted by atomic mass is 10.1. The normalized spacial score (nSPS) is 12.1. The van der Waals surface area contributed by atoms with E-state index in [9.17, 15) is 4.79 Å². The van der Waals surface area contributed by atoms with Crippen molar-refractivity contribution in [2.75, 3.05) is 0 Å². The third-order valence-corrected chi connectivity index (χ3v) is 2.54. The van der Waals surface area contributed by atoms with Crippen molar-refractivity contribution in [1.82, 2.24) is 10.3 Å². The van der Waals surface area contributed by atoms with Gasteiger partial charge >= 0.3 is 0 Å². The van der Waals surface area contributed by atoms with E-state index >= 15 is 0 Å². The van der Waals surface area contributed by atoms with Crippen molar-refractivity contribution < 1.29 is 4.79 Å². The molecular weight excluding hydrogens is 200 g/mol. The van der Waals surface area contributed by atoms with Crippen molar-refractivity contribution in [1.29, 1.82) is 0 Å². The average Bonchev–Trinajstić information content (AvgIpc) is 2.30. The van der Waals surface area contributed by atoms with Crippen LogP contribution in [0.5, 0.6) is 0 Å². The zero-order valence-corrected chi connectivity index (χ0v) is 10.1. The van der Waals surface area contributed by atoms with Gasteiger partial charge in [-0.05, 0) is 25.5 Å². The molecule has 0 radical (unpaired) electrons. The smallest absolute Gasteiger partial charge is 0.253 e. The van der Waals surface area contributed by atoms with Gasteiger partial charge in [0.2, 0.25) is 0 Å². The Labute approximate surface area is 97.3 Å². The summed E-state index contributed by atoms with van der Waals surface area (Å²) < 4.78 is 0. The maximum Gasteiger partial charge on any atom is 0.253 e. The Bertz CT molecular complexity index is 311. The van der Waals surface area contributed by atoms with E-state index in [2.05, 4.69) is 17.2 Å². The van der Waals surface area contributed by atoms with Gasteiger partial charge in [0.15, 0.2) is 0 Å². The van der Waals surface area contributed by atoms with Crippen molar-refractivity contribution in [3.05, 3.63) is 30.1 Å². The van der Waals surface area contributed by atoms with E-state index in [0.29, 0.717) is 5.56 Å². The van der Waals surface area contributed by atoms with Crippen LogP contribution in [0, 0.1) is 0 Å². The quantitative estimate of drug-likeness (QED) is 0.749. The predicted octanol–water partition coefficient (Wildman–Crippen LogP) is 2.78. The van der Waals surface area contributed by atoms with Gasteiger partial charge in [-0.3, -0.25) is 9.78 Å². The highest BCUT2D eigenvalue weighted by atomic mass is 16.1. The third-order valence-electron chi connectivity index (χ3n) is 2.54. The largest absolute Gasteiger partial charge is 0.350 e. The van der Waals surface area contributed by atoms with E-state index < -0.39 is 0 Å². The summed E-state index contributed by atoms with van der Waals surface area (Å²) in [5.74, 6) is -0.0305. The number of hydrogen-bond donors (Lipinski definition) is 1. The van der Waals surface area contributed by atoms with Crippen molar-refractivity contribution in [2.24, 2.45) is 0 Å². The van der Waals surface area contributed by atoms with Gasteiger partial charge < -0.3 is 5.32 Å². The minimum atomic E-state index is -0.0305. The van der Waals surface area contributed by atoms with Crippen molar-refractivity contribution in [3.63, 3.8) is 0 Å². The molecule has 1 rings (SSSR count). The van der Waals surface area contributed by atoms with Gasteiger partial charge in [0.25, 0.3) is 5.91 Å². The second kappa shape index (κ2) is 6.99. The molecule has 0 saturated carbocycles. The molecule has 0 unspecified atom stereocenters. The number of nitrogens with one attached hydrogen (secondary N) is 1. The van der Waals surface area contributed by atoms with Crippen molar-refractivity contribution >= 4 is 5.91 Å². The topological polar surface area (TPSA) is 42.0 Å². The summed E-state index contributed by atoms with van der Waals surface area (Å²) >= 11 is 0. The molecule has 0 aromatic carbocycles. The van der Waals surface area contributed by atoms with E-state index in [1.807, 2.05) is 6.92 Å². The minimum Gasteiger partial charge on any atom is -0.350 e. The first-order chi connectivity index (χ1) is 7.74. The maximum absolute atomic E-state index is 11.7. The number of aromatic nitrogens is 1. The molecule has 1 N–H and O–H groups in total. The fraction of sp³-hybridized carbons (Fsp3) is 0.538. The number of rotatable bonds is 6. The number of pyridine rings is 1. The predicted molar refractivity (Wildman–Crippen MR) is 65.3 cm³/mol. The monoisotopic (exact) mass is 220 g/mol. The van der Waals surface area contributed by atoms with Gasteiger partial charge in [-0.1, -0.05) is 26.2 Å². The highest BCUT2D eigenvalue weighted by molar-refractivity contribution is 5.93. The lowest BCUT2D eigenvalue weighted by Crippen LogP contribution is -2.32. The van der Waals surface area contributed by atoms with Crippen LogP contribution in [0.2, 0.25) is 0 Å². The van der Waals surface area contributed by atoms with E-state index in [4.69, 9.17) is 0 Å². The van der Waals surface area contributed by atoms with Crippen LogP contribution in [-0.2, 0) is 0 Å². The maximum atomic E-state index is 11.7. The zero-order valence-electron chi connectivity index (χ0n) is 10.1. The molecule has 3 heteroatoms. The Kier molecular flexibility index (Phi) is 5.54. The fourth-order valence-corrected chi connectivity index (χ4v) is 1.58. The standard InChI is InChI=1S/C13H20N2O/c1-3-4-5-7-11(2)15-13(16)12-8-6-9-14-10-12/h6,8-11H,3-5,7H2,1-2H3,(H,15,16)/t11-/m0/s1. The second-order valence-electron chi connectivity index (χ2n) is 4.11. The van der Waals surface area contributed by atoms with Crippen LogP contribution >= 0.6 is 0 Å². The molecule has 16 heavy (non-hydrogen) atoms. The number of amides is 1. The molecule has 1 aromatic rings. The number of carbonyl (C=O) groups excluding carboxylic acids is 1. The SMILES string of the molecule is CCCCC[C@H](C)NC(=O)c1cccnc1. The Balaban J connectivity index is 2.34. The first kappa shape index (κ1) is 12.7. The molecule has 1 atom stereocenters. The van der Waals surface area contributed by atoms with Crippen LogP contribution < -0.4 is 5.32 Å². The summed E-state index contributed by atoms with van der Waals surface area (Å²) in [4.78, 5) is 15.7. The summed E-state index contributed by atoms with van der Waals surface area (Å²) in [5.41, 5.74) is 0.629. The summed E-state index contributed by atoms with van der Waals surface area (Å²) in [6.07, 6.45) is 7.91. The Morgan fingerprint density at radius 2 is 2.31 bits per heavy atom. The highest BCUT2D eigenvalue weighted by Gasteiger charge is 2.08. The van der Waals surface area contributed by atoms with Gasteiger partial charge in [-0.15, -0.1) is 0 Å². The molecule has 1 amide bonds. The van der Waals surface area contributed by atoms with Crippen LogP contribution in [0.1, 0.15) is 49.9 Å². The Morgan fingerprint density at radius 3 is 2.94 bits per heavy atom. The van der Waals surface area contributed by atoms with Crippen molar-refractivity contribution in [2.45, 2.75) is 45.6 Å². The minimum absolute atomic E-state index is 0.0305. The van der Waals surface area contributed by atoms with E-state index in [1.54, 1.807) is 24.5 Å². The van der Waals surface area contributed by atoms with Gasteiger partial charge in [0.1, 0.15) is 0 Å². The van der Waals surface area contributed by atoms with Crippen LogP contribution in [-0.4, -0.2) is 16.9 Å². The summed E-state index contributed by atoms with van der Waals surface area (Å²) in [7, 11) is 0. The van der Waals surface area contributed by atoms with Crippen LogP contribution in [0.15, 0.2) is 24.5 Å². The Hall–Kier alpha value is -1.38. The van der Waals surface area contributed by atoms with Crippen LogP contribution in [0.3, 0.4) is 0 Å². The highest BCUT2D eigenvalue weighted by Crippen LogP contribution is 2.04. The van der Waals surface area contributed by atoms with Crippen LogP contribution in [0.4, 0.5) is 0 Å². The molecule has 88 valence electrons. The lowest BCUT2D eigenvalue weighted by molar-refractivity contribution is 0.0937. The molecular formula is C13H20N2O. The van der Waals surface area contributed by atoms with E-state index in [-0.39, 0.29) is 11.9 Å². The fourth-order valence-electron chi connectivity index (χ4n) is 1.58. The third kappa shape index (κ3) is 4.43. The summed E-state index contributed by atoms with van der Waals surface area (Å²) in [5, 5.41) is 2.98. The zero-order chi connectivity index (χ0) is 11.8. The molecule has 1 aromatic heterocycles. The summed E-state index contributed by atoms with van der Waals surface area (Å²) in [6.45, 7) is 4.23. The number of unbranched alkanes of at least 4 members (excludes halogenated alkanes) is 2. The number of carbonyl (C=O) groups is 1. The second-order valence-corrected chi connectivity index (χ2v) is 4.11. The molecule has 1 heterocycles. The number of hydrogen-bond acceptors (Lipinski definition) is 2. The average molecular weight is 220 g/mol. The molecule has 0 aliphatic heterocycles. The van der Waals surface area contributed by atoms with Gasteiger partial charge in [0.05, 0.1) is 5.56 Å². The summed E-state index contributed by atoms with van der Waals surface area (Å²) in [6, 6.07) is 3.79. The van der Waals surface area contributed by atoms with Gasteiger partial charge in [-0.2, -0.15) is 0 Å². The van der Waals surface area contributed by atoms with Crippen LogP contribution in [0.25, 0.3) is 0 Å². The molecule has 0 saturated heterocycles. The first-order valence-corrected chi connectivity index (χ1v) is 5.95. The van der Waals surface area contributed by atoms with Gasteiger partial charge in [0, 0.05) is 18.4 Å².